The molecule has 0 aromatic rings. The molecule has 2 unspecified atom stereocenters. The molecule has 0 aromatic carbocycles. The normalized spacial score (nSPS) is 23.4. The number of hydrogen-bond acceptors (Lipinski definition) is 4. The highest BCUT2D eigenvalue weighted by atomic mass is 16.5. The molecular formula is C14H26N2O4. The molecule has 0 aromatic heterocycles. The Morgan fingerprint density at radius 1 is 1.25 bits per heavy atom. The van der Waals surface area contributed by atoms with E-state index in [4.69, 9.17) is 9.47 Å². The lowest BCUT2D eigenvalue weighted by Gasteiger charge is -2.40. The largest absolute Gasteiger partial charge is 0.382 e. The summed E-state index contributed by atoms with van der Waals surface area (Å²) < 4.78 is 10.3. The lowest BCUT2D eigenvalue weighted by Crippen LogP contribution is -2.65. The SMILES string of the molecule is CCC1C(=O)NC(C(C)C)C(=O)N1CCOCCOC. The number of nitrogens with zero attached hydrogens (tertiary/aromatic N) is 1. The van der Waals surface area contributed by atoms with Crippen LogP contribution in [-0.2, 0) is 19.1 Å². The summed E-state index contributed by atoms with van der Waals surface area (Å²) in [5.41, 5.74) is 0. The van der Waals surface area contributed by atoms with Gasteiger partial charge in [-0.3, -0.25) is 9.59 Å². The Hall–Kier alpha value is -1.14. The molecule has 1 aliphatic rings. The van der Waals surface area contributed by atoms with Gasteiger partial charge in [0.15, 0.2) is 0 Å². The number of hydrogen-bond donors (Lipinski definition) is 1. The van der Waals surface area contributed by atoms with Crippen molar-refractivity contribution in [1.82, 2.24) is 10.2 Å². The van der Waals surface area contributed by atoms with E-state index in [2.05, 4.69) is 5.32 Å². The van der Waals surface area contributed by atoms with Crippen LogP contribution < -0.4 is 5.32 Å². The monoisotopic (exact) mass is 286 g/mol. The van der Waals surface area contributed by atoms with Crippen LogP contribution in [0.25, 0.3) is 0 Å². The number of amides is 2. The zero-order valence-corrected chi connectivity index (χ0v) is 12.8. The first-order valence-electron chi connectivity index (χ1n) is 7.20. The van der Waals surface area contributed by atoms with Gasteiger partial charge in [0.1, 0.15) is 12.1 Å². The molecule has 1 rings (SSSR count). The van der Waals surface area contributed by atoms with Crippen molar-refractivity contribution in [3.8, 4) is 0 Å². The van der Waals surface area contributed by atoms with Gasteiger partial charge in [0.25, 0.3) is 0 Å². The van der Waals surface area contributed by atoms with E-state index in [1.54, 1.807) is 12.0 Å². The van der Waals surface area contributed by atoms with Gasteiger partial charge >= 0.3 is 0 Å². The van der Waals surface area contributed by atoms with E-state index in [0.29, 0.717) is 32.8 Å². The first-order chi connectivity index (χ1) is 9.52. The minimum Gasteiger partial charge on any atom is -0.382 e. The van der Waals surface area contributed by atoms with Crippen molar-refractivity contribution in [2.45, 2.75) is 39.3 Å². The second kappa shape index (κ2) is 8.21. The summed E-state index contributed by atoms with van der Waals surface area (Å²) in [6, 6.07) is -0.812. The molecule has 1 aliphatic heterocycles. The fourth-order valence-electron chi connectivity index (χ4n) is 2.32. The molecule has 20 heavy (non-hydrogen) atoms. The predicted octanol–water partition coefficient (Wildman–Crippen LogP) is 0.411. The summed E-state index contributed by atoms with van der Waals surface area (Å²) in [4.78, 5) is 26.1. The molecule has 6 nitrogen and oxygen atoms in total. The maximum absolute atomic E-state index is 12.4. The van der Waals surface area contributed by atoms with Gasteiger partial charge in [-0.25, -0.2) is 0 Å². The first-order valence-corrected chi connectivity index (χ1v) is 7.20. The highest BCUT2D eigenvalue weighted by Crippen LogP contribution is 2.17. The third-order valence-electron chi connectivity index (χ3n) is 3.49. The second-order valence-electron chi connectivity index (χ2n) is 5.29. The van der Waals surface area contributed by atoms with Crippen molar-refractivity contribution >= 4 is 11.8 Å². The van der Waals surface area contributed by atoms with Crippen molar-refractivity contribution in [2.24, 2.45) is 5.92 Å². The molecule has 2 amide bonds. The summed E-state index contributed by atoms with van der Waals surface area (Å²) >= 11 is 0. The number of carbonyl (C=O) groups excluding carboxylic acids is 2. The van der Waals surface area contributed by atoms with Crippen molar-refractivity contribution < 1.29 is 19.1 Å². The standard InChI is InChI=1S/C14H26N2O4/c1-5-11-13(17)15-12(10(2)3)14(18)16(11)6-7-20-9-8-19-4/h10-12H,5-9H2,1-4H3,(H,15,17). The zero-order valence-electron chi connectivity index (χ0n) is 12.8. The van der Waals surface area contributed by atoms with Crippen molar-refractivity contribution in [1.29, 1.82) is 0 Å². The average Bonchev–Trinajstić information content (AvgIpc) is 2.41. The van der Waals surface area contributed by atoms with Gasteiger partial charge in [-0.1, -0.05) is 20.8 Å². The van der Waals surface area contributed by atoms with Gasteiger partial charge in [-0.15, -0.1) is 0 Å². The van der Waals surface area contributed by atoms with E-state index in [1.807, 2.05) is 20.8 Å². The smallest absolute Gasteiger partial charge is 0.246 e. The highest BCUT2D eigenvalue weighted by molar-refractivity contribution is 5.97. The minimum absolute atomic E-state index is 0.0122. The van der Waals surface area contributed by atoms with Crippen LogP contribution in [0, 0.1) is 5.92 Å². The van der Waals surface area contributed by atoms with Crippen molar-refractivity contribution in [3.05, 3.63) is 0 Å². The quantitative estimate of drug-likeness (QED) is 0.656. The highest BCUT2D eigenvalue weighted by Gasteiger charge is 2.40. The predicted molar refractivity (Wildman–Crippen MR) is 75.3 cm³/mol. The van der Waals surface area contributed by atoms with Crippen LogP contribution in [-0.4, -0.2) is 62.3 Å². The average molecular weight is 286 g/mol. The third-order valence-corrected chi connectivity index (χ3v) is 3.49. The van der Waals surface area contributed by atoms with Gasteiger partial charge in [0.2, 0.25) is 11.8 Å². The van der Waals surface area contributed by atoms with Crippen LogP contribution in [0.4, 0.5) is 0 Å². The van der Waals surface area contributed by atoms with Gasteiger partial charge in [0, 0.05) is 13.7 Å². The molecule has 1 saturated heterocycles. The maximum atomic E-state index is 12.4. The van der Waals surface area contributed by atoms with Crippen LogP contribution in [0.1, 0.15) is 27.2 Å². The van der Waals surface area contributed by atoms with E-state index in [9.17, 15) is 9.59 Å². The fourth-order valence-corrected chi connectivity index (χ4v) is 2.32. The number of rotatable bonds is 8. The number of piperazine rings is 1. The molecule has 1 N–H and O–H groups in total. The van der Waals surface area contributed by atoms with Crippen LogP contribution in [0.3, 0.4) is 0 Å². The Morgan fingerprint density at radius 3 is 2.50 bits per heavy atom. The van der Waals surface area contributed by atoms with Crippen LogP contribution >= 0.6 is 0 Å². The fraction of sp³-hybridized carbons (Fsp3) is 0.857. The Balaban J connectivity index is 2.61. The van der Waals surface area contributed by atoms with Crippen molar-refractivity contribution in [2.75, 3.05) is 33.5 Å². The van der Waals surface area contributed by atoms with E-state index in [-0.39, 0.29) is 23.8 Å². The zero-order chi connectivity index (χ0) is 15.1. The lowest BCUT2D eigenvalue weighted by atomic mass is 9.97. The molecule has 1 heterocycles. The van der Waals surface area contributed by atoms with Crippen LogP contribution in [0.5, 0.6) is 0 Å². The Bertz CT molecular complexity index is 333. The minimum atomic E-state index is -0.427. The first kappa shape index (κ1) is 16.9. The molecule has 0 aliphatic carbocycles. The molecule has 0 spiro atoms. The number of ether oxygens (including phenoxy) is 2. The Labute approximate surface area is 120 Å². The van der Waals surface area contributed by atoms with Crippen LogP contribution in [0.15, 0.2) is 0 Å². The molecule has 1 fully saturated rings. The number of carbonyl (C=O) groups is 2. The van der Waals surface area contributed by atoms with Crippen molar-refractivity contribution in [3.63, 3.8) is 0 Å². The topological polar surface area (TPSA) is 67.9 Å². The Kier molecular flexibility index (Phi) is 6.95. The summed E-state index contributed by atoms with van der Waals surface area (Å²) in [6.07, 6.45) is 0.612. The molecule has 6 heteroatoms. The van der Waals surface area contributed by atoms with Gasteiger partial charge < -0.3 is 19.7 Å². The summed E-state index contributed by atoms with van der Waals surface area (Å²) in [6.45, 7) is 7.66. The molecule has 2 atom stereocenters. The van der Waals surface area contributed by atoms with Gasteiger partial charge in [0.05, 0.1) is 19.8 Å². The lowest BCUT2D eigenvalue weighted by molar-refractivity contribution is -0.151. The number of nitrogens with one attached hydrogen (secondary N) is 1. The third kappa shape index (κ3) is 4.18. The van der Waals surface area contributed by atoms with E-state index in [1.165, 1.54) is 0 Å². The van der Waals surface area contributed by atoms with E-state index >= 15 is 0 Å². The summed E-state index contributed by atoms with van der Waals surface area (Å²) in [5.74, 6) is 0.00523. The maximum Gasteiger partial charge on any atom is 0.246 e. The molecule has 0 bridgehead atoms. The summed E-state index contributed by atoms with van der Waals surface area (Å²) in [7, 11) is 1.61. The molecule has 0 radical (unpaired) electrons. The van der Waals surface area contributed by atoms with Crippen LogP contribution in [0.2, 0.25) is 0 Å². The van der Waals surface area contributed by atoms with E-state index in [0.717, 1.165) is 0 Å². The summed E-state index contributed by atoms with van der Waals surface area (Å²) in [5, 5.41) is 2.82. The molecule has 0 saturated carbocycles. The number of methoxy groups -OCH3 is 1. The van der Waals surface area contributed by atoms with Gasteiger partial charge in [-0.05, 0) is 12.3 Å². The Morgan fingerprint density at radius 2 is 1.95 bits per heavy atom. The van der Waals surface area contributed by atoms with E-state index < -0.39 is 6.04 Å². The van der Waals surface area contributed by atoms with Gasteiger partial charge in [-0.2, -0.15) is 0 Å². The molecular weight excluding hydrogens is 260 g/mol. The molecule has 116 valence electrons. The second-order valence-corrected chi connectivity index (χ2v) is 5.29.